The Morgan fingerprint density at radius 2 is 2.19 bits per heavy atom. The van der Waals surface area contributed by atoms with Gasteiger partial charge in [0.1, 0.15) is 0 Å². The number of hydrogen-bond donors (Lipinski definition) is 0. The fourth-order valence-corrected chi connectivity index (χ4v) is 4.09. The molecular formula is C21H26N2O4. The lowest BCUT2D eigenvalue weighted by Gasteiger charge is -2.19. The molecule has 2 saturated heterocycles. The summed E-state index contributed by atoms with van der Waals surface area (Å²) in [4.78, 5) is 19.0. The van der Waals surface area contributed by atoms with Crippen LogP contribution in [0.1, 0.15) is 33.9 Å². The van der Waals surface area contributed by atoms with E-state index in [1.807, 2.05) is 43.0 Å². The van der Waals surface area contributed by atoms with Crippen molar-refractivity contribution in [3.05, 3.63) is 53.2 Å². The Balaban J connectivity index is 1.26. The Bertz CT molecular complexity index is 803. The van der Waals surface area contributed by atoms with Crippen molar-refractivity contribution in [1.82, 2.24) is 9.88 Å². The van der Waals surface area contributed by atoms with Gasteiger partial charge < -0.3 is 18.8 Å². The maximum absolute atomic E-state index is 12.7. The molecule has 2 aliphatic rings. The normalized spacial score (nSPS) is 24.4. The quantitative estimate of drug-likeness (QED) is 0.732. The van der Waals surface area contributed by atoms with Gasteiger partial charge >= 0.3 is 0 Å². The van der Waals surface area contributed by atoms with Crippen molar-refractivity contribution in [2.45, 2.75) is 33.0 Å². The van der Waals surface area contributed by atoms with E-state index in [0.717, 1.165) is 36.5 Å². The van der Waals surface area contributed by atoms with Gasteiger partial charge in [0.05, 0.1) is 31.3 Å². The van der Waals surface area contributed by atoms with Gasteiger partial charge in [0.2, 0.25) is 0 Å². The summed E-state index contributed by atoms with van der Waals surface area (Å²) in [5.74, 6) is 1.22. The topological polar surface area (TPSA) is 64.8 Å². The monoisotopic (exact) mass is 370 g/mol. The Morgan fingerprint density at radius 3 is 2.96 bits per heavy atom. The number of carbonyl (C=O) groups is 1. The van der Waals surface area contributed by atoms with Crippen LogP contribution >= 0.6 is 0 Å². The highest BCUT2D eigenvalue weighted by molar-refractivity contribution is 5.93. The number of nitrogens with zero attached hydrogens (tertiary/aromatic N) is 2. The summed E-state index contributed by atoms with van der Waals surface area (Å²) in [5, 5.41) is 0. The Morgan fingerprint density at radius 1 is 1.30 bits per heavy atom. The van der Waals surface area contributed by atoms with Gasteiger partial charge in [-0.1, -0.05) is 6.07 Å². The summed E-state index contributed by atoms with van der Waals surface area (Å²) in [7, 11) is 0. The van der Waals surface area contributed by atoms with Gasteiger partial charge in [-0.05, 0) is 44.4 Å². The molecule has 2 aliphatic heterocycles. The third-order valence-electron chi connectivity index (χ3n) is 5.61. The SMILES string of the molecule is Cc1cccc(COCC[C@H]2CO[C@H]3CN(C(=O)c4occc4C)C[C@@H]23)n1. The first-order chi connectivity index (χ1) is 13.1. The number of fused-ring (bicyclic) bond motifs is 1. The Kier molecular flexibility index (Phi) is 5.27. The number of aromatic nitrogens is 1. The molecule has 2 aromatic heterocycles. The first kappa shape index (κ1) is 18.2. The van der Waals surface area contributed by atoms with Crippen LogP contribution < -0.4 is 0 Å². The summed E-state index contributed by atoms with van der Waals surface area (Å²) < 4.78 is 17.1. The van der Waals surface area contributed by atoms with Crippen LogP contribution in [0.15, 0.2) is 34.9 Å². The minimum absolute atomic E-state index is 0.0315. The van der Waals surface area contributed by atoms with Crippen molar-refractivity contribution in [2.24, 2.45) is 11.8 Å². The van der Waals surface area contributed by atoms with E-state index in [9.17, 15) is 4.79 Å². The maximum atomic E-state index is 12.7. The van der Waals surface area contributed by atoms with Crippen molar-refractivity contribution in [3.63, 3.8) is 0 Å². The van der Waals surface area contributed by atoms with E-state index in [0.29, 0.717) is 37.4 Å². The molecule has 27 heavy (non-hydrogen) atoms. The fourth-order valence-electron chi connectivity index (χ4n) is 4.09. The molecule has 144 valence electrons. The first-order valence-corrected chi connectivity index (χ1v) is 9.57. The molecule has 0 bridgehead atoms. The van der Waals surface area contributed by atoms with E-state index in [1.54, 1.807) is 6.26 Å². The molecule has 0 unspecified atom stereocenters. The second-order valence-electron chi connectivity index (χ2n) is 7.55. The van der Waals surface area contributed by atoms with E-state index in [2.05, 4.69) is 4.98 Å². The van der Waals surface area contributed by atoms with Gasteiger partial charge in [0, 0.05) is 36.9 Å². The lowest BCUT2D eigenvalue weighted by molar-refractivity contribution is 0.0623. The van der Waals surface area contributed by atoms with Crippen molar-refractivity contribution in [1.29, 1.82) is 0 Å². The summed E-state index contributed by atoms with van der Waals surface area (Å²) in [6.07, 6.45) is 2.64. The highest BCUT2D eigenvalue weighted by Crippen LogP contribution is 2.36. The van der Waals surface area contributed by atoms with E-state index in [-0.39, 0.29) is 12.0 Å². The largest absolute Gasteiger partial charge is 0.459 e. The summed E-state index contributed by atoms with van der Waals surface area (Å²) in [6.45, 7) is 7.22. The predicted molar refractivity (Wildman–Crippen MR) is 99.3 cm³/mol. The third kappa shape index (κ3) is 3.92. The number of carbonyl (C=O) groups excluding carboxylic acids is 1. The summed E-state index contributed by atoms with van der Waals surface area (Å²) in [6, 6.07) is 7.79. The molecule has 3 atom stereocenters. The molecule has 0 saturated carbocycles. The number of aryl methyl sites for hydroxylation is 2. The molecule has 4 rings (SSSR count). The van der Waals surface area contributed by atoms with E-state index in [1.165, 1.54) is 0 Å². The minimum atomic E-state index is -0.0315. The van der Waals surface area contributed by atoms with E-state index >= 15 is 0 Å². The smallest absolute Gasteiger partial charge is 0.289 e. The number of likely N-dealkylation sites (tertiary alicyclic amines) is 1. The Labute approximate surface area is 159 Å². The molecule has 0 spiro atoms. The number of amides is 1. The van der Waals surface area contributed by atoms with Crippen LogP contribution in [-0.2, 0) is 16.1 Å². The van der Waals surface area contributed by atoms with Crippen LogP contribution in [0.5, 0.6) is 0 Å². The van der Waals surface area contributed by atoms with Gasteiger partial charge in [0.15, 0.2) is 5.76 Å². The van der Waals surface area contributed by atoms with Crippen molar-refractivity contribution < 1.29 is 18.7 Å². The molecule has 6 nitrogen and oxygen atoms in total. The molecule has 0 aromatic carbocycles. The molecule has 6 heteroatoms. The number of pyridine rings is 1. The maximum Gasteiger partial charge on any atom is 0.289 e. The van der Waals surface area contributed by atoms with Gasteiger partial charge in [-0.15, -0.1) is 0 Å². The summed E-state index contributed by atoms with van der Waals surface area (Å²) in [5.41, 5.74) is 2.85. The standard InChI is InChI=1S/C21H26N2O4/c1-14-6-9-26-20(14)21(24)23-10-18-16(12-27-19(18)11-23)7-8-25-13-17-5-3-4-15(2)22-17/h3-6,9,16,18-19H,7-8,10-13H2,1-2H3/t16-,18-,19-/m0/s1. The third-order valence-corrected chi connectivity index (χ3v) is 5.61. The van der Waals surface area contributed by atoms with Gasteiger partial charge in [-0.2, -0.15) is 0 Å². The van der Waals surface area contributed by atoms with Gasteiger partial charge in [0.25, 0.3) is 5.91 Å². The van der Waals surface area contributed by atoms with E-state index < -0.39 is 0 Å². The lowest BCUT2D eigenvalue weighted by Crippen LogP contribution is -2.31. The predicted octanol–water partition coefficient (Wildman–Crippen LogP) is 2.99. The zero-order valence-corrected chi connectivity index (χ0v) is 15.9. The highest BCUT2D eigenvalue weighted by atomic mass is 16.5. The van der Waals surface area contributed by atoms with Crippen LogP contribution in [0, 0.1) is 25.7 Å². The van der Waals surface area contributed by atoms with Crippen molar-refractivity contribution >= 4 is 5.91 Å². The number of ether oxygens (including phenoxy) is 2. The molecule has 2 aromatic rings. The average molecular weight is 370 g/mol. The van der Waals surface area contributed by atoms with Gasteiger partial charge in [-0.3, -0.25) is 9.78 Å². The number of hydrogen-bond acceptors (Lipinski definition) is 5. The first-order valence-electron chi connectivity index (χ1n) is 9.57. The molecule has 0 aliphatic carbocycles. The second-order valence-corrected chi connectivity index (χ2v) is 7.55. The second kappa shape index (κ2) is 7.82. The van der Waals surface area contributed by atoms with Crippen LogP contribution in [0.25, 0.3) is 0 Å². The minimum Gasteiger partial charge on any atom is -0.459 e. The van der Waals surface area contributed by atoms with Crippen molar-refractivity contribution in [3.8, 4) is 0 Å². The van der Waals surface area contributed by atoms with Crippen LogP contribution in [-0.4, -0.2) is 48.2 Å². The lowest BCUT2D eigenvalue weighted by atomic mass is 9.91. The fraction of sp³-hybridized carbons (Fsp3) is 0.524. The van der Waals surface area contributed by atoms with Gasteiger partial charge in [-0.25, -0.2) is 0 Å². The van der Waals surface area contributed by atoms with E-state index in [4.69, 9.17) is 13.9 Å². The van der Waals surface area contributed by atoms with Crippen LogP contribution in [0.3, 0.4) is 0 Å². The van der Waals surface area contributed by atoms with Crippen LogP contribution in [0.2, 0.25) is 0 Å². The molecule has 1 amide bonds. The molecule has 2 fully saturated rings. The number of rotatable bonds is 6. The zero-order valence-electron chi connectivity index (χ0n) is 15.9. The zero-order chi connectivity index (χ0) is 18.8. The number of furan rings is 1. The molecular weight excluding hydrogens is 344 g/mol. The Hall–Kier alpha value is -2.18. The molecule has 0 N–H and O–H groups in total. The van der Waals surface area contributed by atoms with Crippen LogP contribution in [0.4, 0.5) is 0 Å². The highest BCUT2D eigenvalue weighted by Gasteiger charge is 2.45. The molecule has 4 heterocycles. The average Bonchev–Trinajstić information content (AvgIpc) is 3.34. The molecule has 0 radical (unpaired) electrons. The van der Waals surface area contributed by atoms with Crippen molar-refractivity contribution in [2.75, 3.05) is 26.3 Å². The summed E-state index contributed by atoms with van der Waals surface area (Å²) >= 11 is 0.